The number of carbonyl (C=O) groups is 1. The van der Waals surface area contributed by atoms with Gasteiger partial charge in [0.25, 0.3) is 0 Å². The van der Waals surface area contributed by atoms with Crippen LogP contribution in [-0.2, 0) is 9.53 Å². The second kappa shape index (κ2) is 6.98. The molecule has 0 fully saturated rings. The lowest BCUT2D eigenvalue weighted by atomic mass is 10.2. The number of hydrogen-bond acceptors (Lipinski definition) is 5. The van der Waals surface area contributed by atoms with Gasteiger partial charge in [-0.05, 0) is 24.3 Å². The molecule has 100 valence electrons. The molecule has 0 aliphatic rings. The minimum atomic E-state index is -0.185. The molecule has 0 radical (unpaired) electrons. The lowest BCUT2D eigenvalue weighted by Gasteiger charge is -2.06. The van der Waals surface area contributed by atoms with Crippen molar-refractivity contribution < 1.29 is 9.53 Å². The summed E-state index contributed by atoms with van der Waals surface area (Å²) in [7, 11) is 0. The number of nitrogens with zero attached hydrogens (tertiary/aromatic N) is 1. The summed E-state index contributed by atoms with van der Waals surface area (Å²) in [5, 5.41) is 5.64. The zero-order valence-electron chi connectivity index (χ0n) is 10.3. The van der Waals surface area contributed by atoms with Crippen molar-refractivity contribution in [1.29, 1.82) is 0 Å². The van der Waals surface area contributed by atoms with Gasteiger partial charge in [0.2, 0.25) is 5.91 Å². The molecule has 0 bridgehead atoms. The average molecular weight is 277 g/mol. The summed E-state index contributed by atoms with van der Waals surface area (Å²) < 4.78 is 5.05. The van der Waals surface area contributed by atoms with E-state index in [0.29, 0.717) is 13.2 Å². The molecule has 0 spiro atoms. The maximum Gasteiger partial charge on any atom is 0.250 e. The number of anilines is 1. The fraction of sp³-hybridized carbons (Fsp3) is 0.231. The Morgan fingerprint density at radius 1 is 1.37 bits per heavy atom. The van der Waals surface area contributed by atoms with Crippen LogP contribution in [0.5, 0.6) is 0 Å². The monoisotopic (exact) mass is 277 g/mol. The molecule has 0 atom stereocenters. The minimum Gasteiger partial charge on any atom is -0.370 e. The summed E-state index contributed by atoms with van der Waals surface area (Å²) in [4.78, 5) is 15.7. The molecule has 19 heavy (non-hydrogen) atoms. The molecule has 1 amide bonds. The van der Waals surface area contributed by atoms with Crippen LogP contribution in [0.4, 0.5) is 5.69 Å². The van der Waals surface area contributed by atoms with Crippen LogP contribution >= 0.6 is 11.3 Å². The molecule has 2 rings (SSSR count). The second-order valence-corrected chi connectivity index (χ2v) is 4.70. The number of thiazole rings is 1. The summed E-state index contributed by atoms with van der Waals surface area (Å²) in [6, 6.07) is 7.54. The molecular weight excluding hydrogens is 262 g/mol. The van der Waals surface area contributed by atoms with Crippen LogP contribution in [0.15, 0.2) is 35.8 Å². The maximum absolute atomic E-state index is 11.5. The summed E-state index contributed by atoms with van der Waals surface area (Å²) in [6.45, 7) is 0.817. The Hall–Kier alpha value is -1.76. The van der Waals surface area contributed by atoms with Gasteiger partial charge in [0.15, 0.2) is 0 Å². The van der Waals surface area contributed by atoms with Gasteiger partial charge in [-0.2, -0.15) is 0 Å². The zero-order chi connectivity index (χ0) is 13.5. The lowest BCUT2D eigenvalue weighted by Crippen LogP contribution is -2.20. The minimum absolute atomic E-state index is 0.0193. The molecule has 0 unspecified atom stereocenters. The fourth-order valence-corrected chi connectivity index (χ4v) is 2.15. The van der Waals surface area contributed by atoms with Crippen molar-refractivity contribution in [2.45, 2.75) is 0 Å². The average Bonchev–Trinajstić information content (AvgIpc) is 2.94. The molecule has 0 saturated carbocycles. The van der Waals surface area contributed by atoms with Gasteiger partial charge >= 0.3 is 0 Å². The highest BCUT2D eigenvalue weighted by molar-refractivity contribution is 7.13. The van der Waals surface area contributed by atoms with E-state index in [0.717, 1.165) is 16.3 Å². The van der Waals surface area contributed by atoms with Gasteiger partial charge in [-0.3, -0.25) is 4.79 Å². The predicted molar refractivity (Wildman–Crippen MR) is 76.1 cm³/mol. The van der Waals surface area contributed by atoms with Crippen LogP contribution in [-0.4, -0.2) is 30.6 Å². The van der Waals surface area contributed by atoms with Crippen LogP contribution in [0.1, 0.15) is 0 Å². The normalized spacial score (nSPS) is 10.4. The van der Waals surface area contributed by atoms with E-state index < -0.39 is 0 Å². The molecule has 2 aromatic rings. The van der Waals surface area contributed by atoms with Crippen molar-refractivity contribution in [1.82, 2.24) is 4.98 Å². The molecule has 0 saturated heterocycles. The van der Waals surface area contributed by atoms with Crippen molar-refractivity contribution in [3.05, 3.63) is 35.8 Å². The van der Waals surface area contributed by atoms with Gasteiger partial charge in [-0.25, -0.2) is 4.98 Å². The molecule has 0 aliphatic heterocycles. The van der Waals surface area contributed by atoms with Crippen LogP contribution < -0.4 is 11.1 Å². The van der Waals surface area contributed by atoms with Crippen LogP contribution in [0.2, 0.25) is 0 Å². The topological polar surface area (TPSA) is 77.2 Å². The highest BCUT2D eigenvalue weighted by Gasteiger charge is 2.04. The van der Waals surface area contributed by atoms with E-state index in [9.17, 15) is 4.79 Å². The highest BCUT2D eigenvalue weighted by Crippen LogP contribution is 2.23. The molecular formula is C13H15N3O2S. The number of amides is 1. The van der Waals surface area contributed by atoms with Gasteiger partial charge in [-0.1, -0.05) is 0 Å². The van der Waals surface area contributed by atoms with E-state index in [1.165, 1.54) is 0 Å². The second-order valence-electron chi connectivity index (χ2n) is 3.80. The number of nitrogens with one attached hydrogen (secondary N) is 1. The largest absolute Gasteiger partial charge is 0.370 e. The number of aromatic nitrogens is 1. The van der Waals surface area contributed by atoms with Crippen LogP contribution in [0, 0.1) is 0 Å². The smallest absolute Gasteiger partial charge is 0.250 e. The van der Waals surface area contributed by atoms with Gasteiger partial charge in [0, 0.05) is 29.4 Å². The summed E-state index contributed by atoms with van der Waals surface area (Å²) >= 11 is 1.58. The molecule has 1 aromatic heterocycles. The third kappa shape index (κ3) is 4.13. The third-order valence-electron chi connectivity index (χ3n) is 2.34. The lowest BCUT2D eigenvalue weighted by molar-refractivity contribution is -0.120. The van der Waals surface area contributed by atoms with E-state index in [-0.39, 0.29) is 12.5 Å². The van der Waals surface area contributed by atoms with Crippen LogP contribution in [0.3, 0.4) is 0 Å². The number of benzene rings is 1. The first kappa shape index (κ1) is 13.7. The molecule has 1 heterocycles. The van der Waals surface area contributed by atoms with E-state index in [2.05, 4.69) is 10.3 Å². The zero-order valence-corrected chi connectivity index (χ0v) is 11.2. The Kier molecular flexibility index (Phi) is 5.02. The maximum atomic E-state index is 11.5. The number of nitrogens with two attached hydrogens (primary N) is 1. The Bertz CT molecular complexity index is 511. The third-order valence-corrected chi connectivity index (χ3v) is 3.17. The molecule has 1 aromatic carbocycles. The SMILES string of the molecule is NCCOCC(=O)Nc1ccc(-c2nccs2)cc1. The number of hydrogen-bond donors (Lipinski definition) is 2. The van der Waals surface area contributed by atoms with Gasteiger partial charge in [0.1, 0.15) is 11.6 Å². The Morgan fingerprint density at radius 2 is 2.16 bits per heavy atom. The van der Waals surface area contributed by atoms with E-state index in [4.69, 9.17) is 10.5 Å². The van der Waals surface area contributed by atoms with Crippen molar-refractivity contribution in [3.63, 3.8) is 0 Å². The first-order valence-corrected chi connectivity index (χ1v) is 6.75. The first-order chi connectivity index (χ1) is 9.29. The molecule has 6 heteroatoms. The van der Waals surface area contributed by atoms with Gasteiger partial charge in [0.05, 0.1) is 6.61 Å². The van der Waals surface area contributed by atoms with E-state index in [1.54, 1.807) is 17.5 Å². The van der Waals surface area contributed by atoms with Crippen molar-refractivity contribution in [2.24, 2.45) is 5.73 Å². The molecule has 5 nitrogen and oxygen atoms in total. The van der Waals surface area contributed by atoms with Crippen molar-refractivity contribution in [3.8, 4) is 10.6 Å². The standard InChI is InChI=1S/C13H15N3O2S/c14-5-7-18-9-12(17)16-11-3-1-10(2-4-11)13-15-6-8-19-13/h1-4,6,8H,5,7,9,14H2,(H,16,17). The summed E-state index contributed by atoms with van der Waals surface area (Å²) in [5.41, 5.74) is 7.04. The Balaban J connectivity index is 1.90. The van der Waals surface area contributed by atoms with E-state index in [1.807, 2.05) is 29.6 Å². The van der Waals surface area contributed by atoms with Crippen molar-refractivity contribution in [2.75, 3.05) is 25.1 Å². The number of rotatable bonds is 6. The van der Waals surface area contributed by atoms with Gasteiger partial charge < -0.3 is 15.8 Å². The number of carbonyl (C=O) groups excluding carboxylic acids is 1. The van der Waals surface area contributed by atoms with E-state index >= 15 is 0 Å². The first-order valence-electron chi connectivity index (χ1n) is 5.87. The predicted octanol–water partition coefficient (Wildman–Crippen LogP) is 1.72. The Labute approximate surface area is 115 Å². The summed E-state index contributed by atoms with van der Waals surface area (Å²) in [5.74, 6) is -0.185. The van der Waals surface area contributed by atoms with Crippen LogP contribution in [0.25, 0.3) is 10.6 Å². The van der Waals surface area contributed by atoms with Gasteiger partial charge in [-0.15, -0.1) is 11.3 Å². The Morgan fingerprint density at radius 3 is 2.79 bits per heavy atom. The molecule has 3 N–H and O–H groups in total. The summed E-state index contributed by atoms with van der Waals surface area (Å²) in [6.07, 6.45) is 1.77. The fourth-order valence-electron chi connectivity index (χ4n) is 1.51. The quantitative estimate of drug-likeness (QED) is 0.788. The highest BCUT2D eigenvalue weighted by atomic mass is 32.1. The molecule has 0 aliphatic carbocycles. The van der Waals surface area contributed by atoms with Crippen molar-refractivity contribution >= 4 is 22.9 Å². The number of ether oxygens (including phenoxy) is 1.